The number of thioether (sulfide) groups is 1. The van der Waals surface area contributed by atoms with Crippen molar-refractivity contribution in [2.75, 3.05) is 45.3 Å². The van der Waals surface area contributed by atoms with Crippen LogP contribution in [0.2, 0.25) is 0 Å². The zero-order valence-corrected chi connectivity index (χ0v) is 15.0. The van der Waals surface area contributed by atoms with Gasteiger partial charge in [-0.3, -0.25) is 4.79 Å². The van der Waals surface area contributed by atoms with Gasteiger partial charge in [-0.1, -0.05) is 0 Å². The molecule has 1 atom stereocenters. The summed E-state index contributed by atoms with van der Waals surface area (Å²) < 4.78 is 22.3. The van der Waals surface area contributed by atoms with Crippen LogP contribution in [-0.2, 0) is 14.3 Å². The van der Waals surface area contributed by atoms with Gasteiger partial charge in [-0.05, 0) is 31.0 Å². The predicted molar refractivity (Wildman–Crippen MR) is 93.2 cm³/mol. The molecule has 4 rings (SSSR count). The first-order valence-electron chi connectivity index (χ1n) is 8.83. The summed E-state index contributed by atoms with van der Waals surface area (Å²) in [5.74, 6) is 2.43. The molecule has 3 heterocycles. The van der Waals surface area contributed by atoms with Crippen LogP contribution in [0.25, 0.3) is 0 Å². The second-order valence-corrected chi connectivity index (χ2v) is 7.49. The molecule has 0 aliphatic carbocycles. The van der Waals surface area contributed by atoms with Crippen molar-refractivity contribution < 1.29 is 23.7 Å². The van der Waals surface area contributed by atoms with E-state index >= 15 is 0 Å². The Hall–Kier alpha value is -1.44. The molecule has 1 amide bonds. The Morgan fingerprint density at radius 1 is 1.12 bits per heavy atom. The highest BCUT2D eigenvalue weighted by Gasteiger charge is 2.32. The molecule has 1 aromatic rings. The standard InChI is InChI=1S/C18H23NO5S/c20-17(19-5-1-2-13(11-19)18-23-8-9-24-18)12-25-14-3-4-15-16(10-14)22-7-6-21-15/h3-4,10,13,18H,1-2,5-9,11-12H2. The Morgan fingerprint density at radius 3 is 2.76 bits per heavy atom. The average molecular weight is 365 g/mol. The molecule has 1 unspecified atom stereocenters. The van der Waals surface area contributed by atoms with Crippen molar-refractivity contribution in [3.05, 3.63) is 18.2 Å². The fraction of sp³-hybridized carbons (Fsp3) is 0.611. The van der Waals surface area contributed by atoms with Crippen molar-refractivity contribution in [1.82, 2.24) is 4.90 Å². The summed E-state index contributed by atoms with van der Waals surface area (Å²) in [6, 6.07) is 5.84. The topological polar surface area (TPSA) is 57.2 Å². The van der Waals surface area contributed by atoms with Crippen molar-refractivity contribution >= 4 is 17.7 Å². The quantitative estimate of drug-likeness (QED) is 0.762. The van der Waals surface area contributed by atoms with Crippen LogP contribution in [0.1, 0.15) is 12.8 Å². The highest BCUT2D eigenvalue weighted by atomic mass is 32.2. The van der Waals surface area contributed by atoms with Gasteiger partial charge in [-0.25, -0.2) is 0 Å². The van der Waals surface area contributed by atoms with Crippen LogP contribution in [0.3, 0.4) is 0 Å². The van der Waals surface area contributed by atoms with Crippen molar-refractivity contribution in [2.45, 2.75) is 24.0 Å². The van der Waals surface area contributed by atoms with Gasteiger partial charge in [0.15, 0.2) is 17.8 Å². The summed E-state index contributed by atoms with van der Waals surface area (Å²) in [6.07, 6.45) is 1.93. The average Bonchev–Trinajstić information content (AvgIpc) is 3.21. The third kappa shape index (κ3) is 4.04. The van der Waals surface area contributed by atoms with Crippen LogP contribution in [0.4, 0.5) is 0 Å². The third-order valence-corrected chi connectivity index (χ3v) is 5.70. The van der Waals surface area contributed by atoms with Crippen molar-refractivity contribution in [1.29, 1.82) is 0 Å². The number of rotatable bonds is 4. The third-order valence-electron chi connectivity index (χ3n) is 4.72. The van der Waals surface area contributed by atoms with Gasteiger partial charge in [0.25, 0.3) is 0 Å². The fourth-order valence-electron chi connectivity index (χ4n) is 3.46. The number of fused-ring (bicyclic) bond motifs is 1. The molecule has 3 aliphatic heterocycles. The van der Waals surface area contributed by atoms with Gasteiger partial charge in [0.2, 0.25) is 5.91 Å². The number of ether oxygens (including phenoxy) is 4. The van der Waals surface area contributed by atoms with E-state index in [1.807, 2.05) is 23.1 Å². The molecule has 2 saturated heterocycles. The fourth-order valence-corrected chi connectivity index (χ4v) is 4.28. The van der Waals surface area contributed by atoms with E-state index in [4.69, 9.17) is 18.9 Å². The van der Waals surface area contributed by atoms with Crippen LogP contribution < -0.4 is 9.47 Å². The lowest BCUT2D eigenvalue weighted by molar-refractivity contribution is -0.136. The second-order valence-electron chi connectivity index (χ2n) is 6.45. The number of likely N-dealkylation sites (tertiary alicyclic amines) is 1. The van der Waals surface area contributed by atoms with Crippen LogP contribution in [0.15, 0.2) is 23.1 Å². The predicted octanol–water partition coefficient (Wildman–Crippen LogP) is 2.16. The van der Waals surface area contributed by atoms with Crippen LogP contribution in [0.5, 0.6) is 11.5 Å². The van der Waals surface area contributed by atoms with Gasteiger partial charge in [-0.2, -0.15) is 0 Å². The van der Waals surface area contributed by atoms with Gasteiger partial charge in [0.1, 0.15) is 13.2 Å². The molecule has 2 fully saturated rings. The molecule has 0 spiro atoms. The van der Waals surface area contributed by atoms with E-state index in [1.54, 1.807) is 0 Å². The maximum Gasteiger partial charge on any atom is 0.232 e. The summed E-state index contributed by atoms with van der Waals surface area (Å²) in [4.78, 5) is 15.6. The van der Waals surface area contributed by atoms with Crippen LogP contribution in [0, 0.1) is 5.92 Å². The first kappa shape index (κ1) is 17.0. The lowest BCUT2D eigenvalue weighted by Gasteiger charge is -2.34. The molecule has 3 aliphatic rings. The minimum atomic E-state index is -0.138. The molecule has 0 N–H and O–H groups in total. The molecule has 0 radical (unpaired) electrons. The van der Waals surface area contributed by atoms with Crippen LogP contribution >= 0.6 is 11.8 Å². The molecular formula is C18H23NO5S. The van der Waals surface area contributed by atoms with Gasteiger partial charge >= 0.3 is 0 Å². The number of piperidine rings is 1. The molecule has 6 nitrogen and oxygen atoms in total. The van der Waals surface area contributed by atoms with E-state index in [0.29, 0.717) is 38.1 Å². The van der Waals surface area contributed by atoms with Crippen molar-refractivity contribution in [2.24, 2.45) is 5.92 Å². The Morgan fingerprint density at radius 2 is 1.92 bits per heavy atom. The van der Waals surface area contributed by atoms with Gasteiger partial charge in [0.05, 0.1) is 19.0 Å². The minimum absolute atomic E-state index is 0.138. The van der Waals surface area contributed by atoms with Gasteiger partial charge in [0, 0.05) is 23.9 Å². The first-order chi connectivity index (χ1) is 12.3. The smallest absolute Gasteiger partial charge is 0.232 e. The molecule has 136 valence electrons. The second kappa shape index (κ2) is 7.85. The van der Waals surface area contributed by atoms with Gasteiger partial charge in [-0.15, -0.1) is 11.8 Å². The minimum Gasteiger partial charge on any atom is -0.486 e. The maximum absolute atomic E-state index is 12.6. The number of hydrogen-bond acceptors (Lipinski definition) is 6. The first-order valence-corrected chi connectivity index (χ1v) is 9.81. The zero-order chi connectivity index (χ0) is 17.1. The monoisotopic (exact) mass is 365 g/mol. The molecule has 25 heavy (non-hydrogen) atoms. The highest BCUT2D eigenvalue weighted by molar-refractivity contribution is 8.00. The maximum atomic E-state index is 12.6. The summed E-state index contributed by atoms with van der Waals surface area (Å²) in [7, 11) is 0. The van der Waals surface area contributed by atoms with Gasteiger partial charge < -0.3 is 23.8 Å². The molecule has 7 heteroatoms. The highest BCUT2D eigenvalue weighted by Crippen LogP contribution is 2.34. The summed E-state index contributed by atoms with van der Waals surface area (Å²) in [5, 5.41) is 0. The lowest BCUT2D eigenvalue weighted by Crippen LogP contribution is -2.44. The molecule has 0 saturated carbocycles. The summed E-state index contributed by atoms with van der Waals surface area (Å²) in [5.41, 5.74) is 0. The number of benzene rings is 1. The number of carbonyl (C=O) groups excluding carboxylic acids is 1. The summed E-state index contributed by atoms with van der Waals surface area (Å²) >= 11 is 1.54. The number of carbonyl (C=O) groups is 1. The van der Waals surface area contributed by atoms with E-state index < -0.39 is 0 Å². The Kier molecular flexibility index (Phi) is 5.33. The zero-order valence-electron chi connectivity index (χ0n) is 14.1. The van der Waals surface area contributed by atoms with Crippen molar-refractivity contribution in [3.63, 3.8) is 0 Å². The Balaban J connectivity index is 1.31. The number of amides is 1. The van der Waals surface area contributed by atoms with E-state index in [2.05, 4.69) is 0 Å². The Bertz CT molecular complexity index is 619. The van der Waals surface area contributed by atoms with Crippen LogP contribution in [-0.4, -0.2) is 62.4 Å². The number of nitrogens with zero attached hydrogens (tertiary/aromatic N) is 1. The molecule has 0 bridgehead atoms. The SMILES string of the molecule is O=C(CSc1ccc2c(c1)OCCO2)N1CCCC(C2OCCO2)C1. The van der Waals surface area contributed by atoms with E-state index in [9.17, 15) is 4.79 Å². The summed E-state index contributed by atoms with van der Waals surface area (Å²) in [6.45, 7) is 4.03. The lowest BCUT2D eigenvalue weighted by atomic mass is 9.97. The molecular weight excluding hydrogens is 342 g/mol. The van der Waals surface area contributed by atoms with E-state index in [1.165, 1.54) is 11.8 Å². The van der Waals surface area contributed by atoms with E-state index in [0.717, 1.165) is 42.3 Å². The Labute approximate surface area is 151 Å². The largest absolute Gasteiger partial charge is 0.486 e. The van der Waals surface area contributed by atoms with Crippen molar-refractivity contribution in [3.8, 4) is 11.5 Å². The molecule has 0 aromatic heterocycles. The number of hydrogen-bond donors (Lipinski definition) is 0. The van der Waals surface area contributed by atoms with E-state index in [-0.39, 0.29) is 12.2 Å². The molecule has 1 aromatic carbocycles. The normalized spacial score (nSPS) is 23.7.